The van der Waals surface area contributed by atoms with Gasteiger partial charge in [0.15, 0.2) is 5.82 Å². The zero-order chi connectivity index (χ0) is 17.4. The summed E-state index contributed by atoms with van der Waals surface area (Å²) in [6.45, 7) is 0. The first-order valence-electron chi connectivity index (χ1n) is 7.67. The Balaban J connectivity index is 1.92. The summed E-state index contributed by atoms with van der Waals surface area (Å²) < 4.78 is 1.64. The van der Waals surface area contributed by atoms with Crippen molar-refractivity contribution in [3.63, 3.8) is 0 Å². The van der Waals surface area contributed by atoms with Crippen LogP contribution in [0.4, 0.5) is 5.82 Å². The minimum absolute atomic E-state index is 0.0484. The van der Waals surface area contributed by atoms with Gasteiger partial charge in [-0.1, -0.05) is 23.7 Å². The van der Waals surface area contributed by atoms with E-state index in [4.69, 9.17) is 11.6 Å². The fourth-order valence-corrected chi connectivity index (χ4v) is 3.38. The van der Waals surface area contributed by atoms with E-state index in [0.29, 0.717) is 10.8 Å². The van der Waals surface area contributed by atoms with Gasteiger partial charge < -0.3 is 4.90 Å². The van der Waals surface area contributed by atoms with E-state index in [1.807, 2.05) is 18.2 Å². The van der Waals surface area contributed by atoms with Crippen LogP contribution in [0.25, 0.3) is 0 Å². The molecule has 2 heterocycles. The number of nitrogens with zero attached hydrogens (tertiary/aromatic N) is 4. The molecule has 1 aromatic heterocycles. The molecule has 126 valence electrons. The van der Waals surface area contributed by atoms with Crippen LogP contribution in [0.1, 0.15) is 18.0 Å². The molecule has 1 aromatic carbocycles. The second-order valence-corrected chi connectivity index (χ2v) is 6.50. The summed E-state index contributed by atoms with van der Waals surface area (Å²) in [7, 11) is 5.20. The van der Waals surface area contributed by atoms with E-state index in [1.165, 1.54) is 4.90 Å². The average molecular weight is 347 g/mol. The smallest absolute Gasteiger partial charge is 0.234 e. The first kappa shape index (κ1) is 16.5. The minimum Gasteiger partial charge on any atom is -0.338 e. The molecule has 0 radical (unpaired) electrons. The topological polar surface area (TPSA) is 58.4 Å². The highest BCUT2D eigenvalue weighted by Gasteiger charge is 2.44. The summed E-state index contributed by atoms with van der Waals surface area (Å²) >= 11 is 6.08. The van der Waals surface area contributed by atoms with Crippen LogP contribution in [0.5, 0.6) is 0 Å². The zero-order valence-electron chi connectivity index (χ0n) is 13.8. The first-order chi connectivity index (χ1) is 11.4. The molecule has 0 spiro atoms. The number of hydrogen-bond acceptors (Lipinski definition) is 3. The van der Waals surface area contributed by atoms with Gasteiger partial charge in [-0.2, -0.15) is 5.10 Å². The van der Waals surface area contributed by atoms with Crippen molar-refractivity contribution in [3.8, 4) is 0 Å². The molecule has 1 aliphatic heterocycles. The lowest BCUT2D eigenvalue weighted by atomic mass is 9.92. The molecular formula is C17H19ClN4O2. The third-order valence-electron chi connectivity index (χ3n) is 4.47. The highest BCUT2D eigenvalue weighted by atomic mass is 35.5. The van der Waals surface area contributed by atoms with Gasteiger partial charge in [-0.15, -0.1) is 0 Å². The number of halogens is 1. The van der Waals surface area contributed by atoms with Crippen molar-refractivity contribution < 1.29 is 9.59 Å². The minimum atomic E-state index is -0.465. The number of aromatic nitrogens is 2. The molecule has 2 atom stereocenters. The molecule has 2 aromatic rings. The van der Waals surface area contributed by atoms with Gasteiger partial charge in [-0.25, -0.2) is 0 Å². The highest BCUT2D eigenvalue weighted by molar-refractivity contribution is 6.30. The Morgan fingerprint density at radius 3 is 2.71 bits per heavy atom. The van der Waals surface area contributed by atoms with Gasteiger partial charge in [0.05, 0.1) is 12.0 Å². The number of carbonyl (C=O) groups is 2. The van der Waals surface area contributed by atoms with E-state index >= 15 is 0 Å². The molecule has 0 unspecified atom stereocenters. The van der Waals surface area contributed by atoms with Crippen LogP contribution in [-0.2, 0) is 16.6 Å². The molecule has 1 aliphatic rings. The van der Waals surface area contributed by atoms with E-state index in [-0.39, 0.29) is 24.3 Å². The molecule has 1 saturated heterocycles. The summed E-state index contributed by atoms with van der Waals surface area (Å²) in [4.78, 5) is 28.3. The molecule has 24 heavy (non-hydrogen) atoms. The molecule has 0 aliphatic carbocycles. The fraction of sp³-hybridized carbons (Fsp3) is 0.353. The van der Waals surface area contributed by atoms with Crippen LogP contribution in [0.15, 0.2) is 36.5 Å². The third kappa shape index (κ3) is 2.89. The van der Waals surface area contributed by atoms with Crippen molar-refractivity contribution in [1.29, 1.82) is 0 Å². The zero-order valence-corrected chi connectivity index (χ0v) is 14.6. The molecule has 7 heteroatoms. The van der Waals surface area contributed by atoms with Crippen molar-refractivity contribution >= 4 is 29.2 Å². The molecule has 0 N–H and O–H groups in total. The van der Waals surface area contributed by atoms with E-state index in [9.17, 15) is 9.59 Å². The van der Waals surface area contributed by atoms with Gasteiger partial charge in [0.2, 0.25) is 11.8 Å². The summed E-state index contributed by atoms with van der Waals surface area (Å²) in [5, 5.41) is 4.84. The second kappa shape index (κ2) is 6.28. The standard InChI is InChI=1S/C17H19ClN4O2/c1-20-8-7-14(19-20)21(2)17(24)13-10-15(23)22(3)16(13)11-5-4-6-12(18)9-11/h4-9,13,16H,10H2,1-3H3/t13-,16-/m0/s1. The normalized spacial score (nSPS) is 20.5. The van der Waals surface area contributed by atoms with Gasteiger partial charge >= 0.3 is 0 Å². The van der Waals surface area contributed by atoms with E-state index in [0.717, 1.165) is 5.56 Å². The molecule has 3 rings (SSSR count). The Morgan fingerprint density at radius 2 is 2.08 bits per heavy atom. The SMILES string of the molecule is CN(C(=O)[C@H]1CC(=O)N(C)[C@H]1c1cccc(Cl)c1)c1ccn(C)n1. The molecular weight excluding hydrogens is 328 g/mol. The molecule has 0 bridgehead atoms. The molecule has 6 nitrogen and oxygen atoms in total. The van der Waals surface area contributed by atoms with Gasteiger partial charge in [0, 0.05) is 44.8 Å². The number of rotatable bonds is 3. The Kier molecular flexibility index (Phi) is 4.32. The average Bonchev–Trinajstić information content (AvgIpc) is 3.10. The van der Waals surface area contributed by atoms with Crippen LogP contribution >= 0.6 is 11.6 Å². The molecule has 1 fully saturated rings. The van der Waals surface area contributed by atoms with Crippen molar-refractivity contribution in [2.45, 2.75) is 12.5 Å². The van der Waals surface area contributed by atoms with Crippen molar-refractivity contribution in [3.05, 3.63) is 47.1 Å². The Bertz CT molecular complexity index is 788. The largest absolute Gasteiger partial charge is 0.338 e. The van der Waals surface area contributed by atoms with Crippen molar-refractivity contribution in [1.82, 2.24) is 14.7 Å². The van der Waals surface area contributed by atoms with Crippen LogP contribution in [0, 0.1) is 5.92 Å². The number of likely N-dealkylation sites (tertiary alicyclic amines) is 1. The number of aryl methyl sites for hydroxylation is 1. The lowest BCUT2D eigenvalue weighted by molar-refractivity contribution is -0.128. The Morgan fingerprint density at radius 1 is 1.33 bits per heavy atom. The number of carbonyl (C=O) groups excluding carboxylic acids is 2. The maximum absolute atomic E-state index is 13.0. The van der Waals surface area contributed by atoms with Crippen LogP contribution in [-0.4, -0.2) is 40.6 Å². The predicted molar refractivity (Wildman–Crippen MR) is 91.7 cm³/mol. The quantitative estimate of drug-likeness (QED) is 0.856. The molecule has 2 amide bonds. The Hall–Kier alpha value is -2.34. The summed E-state index contributed by atoms with van der Waals surface area (Å²) in [6.07, 6.45) is 1.96. The van der Waals surface area contributed by atoms with Crippen molar-refractivity contribution in [2.75, 3.05) is 19.0 Å². The third-order valence-corrected chi connectivity index (χ3v) is 4.70. The summed E-state index contributed by atoms with van der Waals surface area (Å²) in [5.74, 6) is -0.0774. The van der Waals surface area contributed by atoms with Gasteiger partial charge in [0.25, 0.3) is 0 Å². The Labute approximate surface area is 145 Å². The van der Waals surface area contributed by atoms with Gasteiger partial charge in [-0.05, 0) is 17.7 Å². The second-order valence-electron chi connectivity index (χ2n) is 6.06. The van der Waals surface area contributed by atoms with E-state index in [1.54, 1.807) is 49.1 Å². The van der Waals surface area contributed by atoms with E-state index in [2.05, 4.69) is 5.10 Å². The summed E-state index contributed by atoms with van der Waals surface area (Å²) in [6, 6.07) is 8.76. The predicted octanol–water partition coefficient (Wildman–Crippen LogP) is 2.26. The summed E-state index contributed by atoms with van der Waals surface area (Å²) in [5.41, 5.74) is 0.864. The lowest BCUT2D eigenvalue weighted by Crippen LogP contribution is -2.36. The number of hydrogen-bond donors (Lipinski definition) is 0. The lowest BCUT2D eigenvalue weighted by Gasteiger charge is -2.27. The number of benzene rings is 1. The first-order valence-corrected chi connectivity index (χ1v) is 8.04. The highest BCUT2D eigenvalue weighted by Crippen LogP contribution is 2.39. The monoisotopic (exact) mass is 346 g/mol. The van der Waals surface area contributed by atoms with Crippen LogP contribution in [0.3, 0.4) is 0 Å². The van der Waals surface area contributed by atoms with Gasteiger partial charge in [0.1, 0.15) is 0 Å². The van der Waals surface area contributed by atoms with Crippen LogP contribution in [0.2, 0.25) is 5.02 Å². The number of amides is 2. The fourth-order valence-electron chi connectivity index (χ4n) is 3.18. The van der Waals surface area contributed by atoms with Crippen LogP contribution < -0.4 is 4.90 Å². The van der Waals surface area contributed by atoms with E-state index < -0.39 is 5.92 Å². The number of anilines is 1. The van der Waals surface area contributed by atoms with Gasteiger partial charge in [-0.3, -0.25) is 19.2 Å². The maximum Gasteiger partial charge on any atom is 0.234 e. The maximum atomic E-state index is 13.0. The molecule has 0 saturated carbocycles. The van der Waals surface area contributed by atoms with Crippen molar-refractivity contribution in [2.24, 2.45) is 13.0 Å².